The second kappa shape index (κ2) is 8.11. The zero-order chi connectivity index (χ0) is 18.6. The molecule has 1 heterocycles. The molecule has 0 radical (unpaired) electrons. The molecule has 1 aromatic heterocycles. The molecule has 0 aliphatic heterocycles. The van der Waals surface area contributed by atoms with Crippen LogP contribution in [-0.4, -0.2) is 59.6 Å². The lowest BCUT2D eigenvalue weighted by Gasteiger charge is -2.23. The van der Waals surface area contributed by atoms with Crippen LogP contribution in [-0.2, 0) is 12.0 Å². The quantitative estimate of drug-likeness (QED) is 0.774. The van der Waals surface area contributed by atoms with Crippen LogP contribution in [0.1, 0.15) is 33.4 Å². The van der Waals surface area contributed by atoms with Gasteiger partial charge in [0.15, 0.2) is 0 Å². The molecule has 0 N–H and O–H groups in total. The molecule has 0 atom stereocenters. The van der Waals surface area contributed by atoms with E-state index in [-0.39, 0.29) is 11.1 Å². The number of para-hydroxylation sites is 1. The van der Waals surface area contributed by atoms with E-state index in [9.17, 15) is 4.79 Å². The topological polar surface area (TPSA) is 41.4 Å². The highest BCUT2D eigenvalue weighted by Crippen LogP contribution is 2.26. The molecule has 0 saturated heterocycles. The normalized spacial score (nSPS) is 12.5. The van der Waals surface area contributed by atoms with Crippen molar-refractivity contribution in [2.45, 2.75) is 39.7 Å². The van der Waals surface area contributed by atoms with Gasteiger partial charge < -0.3 is 9.80 Å². The first kappa shape index (κ1) is 19.6. The van der Waals surface area contributed by atoms with Gasteiger partial charge in [0.2, 0.25) is 0 Å². The van der Waals surface area contributed by atoms with Gasteiger partial charge in [-0.15, -0.1) is 0 Å². The molecule has 5 heteroatoms. The molecule has 0 saturated carbocycles. The zero-order valence-corrected chi connectivity index (χ0v) is 16.5. The number of likely N-dealkylation sites (N-methyl/N-ethyl adjacent to an activating group) is 2. The molecule has 2 rings (SSSR count). The monoisotopic (exact) mass is 344 g/mol. The summed E-state index contributed by atoms with van der Waals surface area (Å²) in [5.74, 6) is 0. The van der Waals surface area contributed by atoms with Crippen LogP contribution in [0.15, 0.2) is 29.1 Å². The highest BCUT2D eigenvalue weighted by molar-refractivity contribution is 5.82. The summed E-state index contributed by atoms with van der Waals surface area (Å²) in [4.78, 5) is 21.6. The van der Waals surface area contributed by atoms with Crippen molar-refractivity contribution in [3.63, 3.8) is 0 Å². The van der Waals surface area contributed by atoms with E-state index >= 15 is 0 Å². The Kier molecular flexibility index (Phi) is 6.36. The second-order valence-corrected chi connectivity index (χ2v) is 7.86. The lowest BCUT2D eigenvalue weighted by atomic mass is 9.89. The third-order valence-electron chi connectivity index (χ3n) is 4.71. The Morgan fingerprint density at radius 1 is 1.04 bits per heavy atom. The van der Waals surface area contributed by atoms with Gasteiger partial charge in [-0.25, -0.2) is 4.79 Å². The Morgan fingerprint density at radius 3 is 2.32 bits per heavy atom. The summed E-state index contributed by atoms with van der Waals surface area (Å²) in [6, 6.07) is 8.10. The van der Waals surface area contributed by atoms with Gasteiger partial charge in [0.1, 0.15) is 0 Å². The fraction of sp³-hybridized carbons (Fsp3) is 0.600. The molecule has 0 amide bonds. The van der Waals surface area contributed by atoms with Gasteiger partial charge in [0.05, 0.1) is 11.2 Å². The van der Waals surface area contributed by atoms with Crippen molar-refractivity contribution >= 4 is 10.9 Å². The van der Waals surface area contributed by atoms with Gasteiger partial charge in [-0.1, -0.05) is 45.9 Å². The molecule has 2 aromatic rings. The largest absolute Gasteiger partial charge is 0.348 e. The summed E-state index contributed by atoms with van der Waals surface area (Å²) in [5.41, 5.74) is 1.55. The Balaban J connectivity index is 2.25. The predicted octanol–water partition coefficient (Wildman–Crippen LogP) is 2.58. The standard InChI is InChI=1S/C20H32N4O/c1-7-22(5)12-13-23(6)14-15-24-17-11-9-8-10-16(17)18(20(2,3)4)21-19(24)25/h8-11H,7,12-15H2,1-6H3. The molecule has 5 nitrogen and oxygen atoms in total. The van der Waals surface area contributed by atoms with Gasteiger partial charge >= 0.3 is 5.69 Å². The molecule has 25 heavy (non-hydrogen) atoms. The van der Waals surface area contributed by atoms with Crippen molar-refractivity contribution in [1.82, 2.24) is 19.4 Å². The average Bonchev–Trinajstić information content (AvgIpc) is 2.57. The van der Waals surface area contributed by atoms with Crippen molar-refractivity contribution in [3.05, 3.63) is 40.4 Å². The highest BCUT2D eigenvalue weighted by atomic mass is 16.1. The van der Waals surface area contributed by atoms with Crippen molar-refractivity contribution in [2.75, 3.05) is 40.3 Å². The number of benzene rings is 1. The van der Waals surface area contributed by atoms with Gasteiger partial charge in [-0.05, 0) is 26.7 Å². The van der Waals surface area contributed by atoms with Gasteiger partial charge in [0, 0.05) is 37.0 Å². The van der Waals surface area contributed by atoms with Crippen molar-refractivity contribution < 1.29 is 0 Å². The minimum absolute atomic E-state index is 0.150. The van der Waals surface area contributed by atoms with Gasteiger partial charge in [0.25, 0.3) is 0 Å². The van der Waals surface area contributed by atoms with E-state index in [2.05, 4.69) is 62.6 Å². The molecule has 0 bridgehead atoms. The van der Waals surface area contributed by atoms with E-state index in [0.29, 0.717) is 6.54 Å². The first-order valence-electron chi connectivity index (χ1n) is 9.11. The minimum atomic E-state index is -0.153. The van der Waals surface area contributed by atoms with Gasteiger partial charge in [-0.3, -0.25) is 4.57 Å². The Labute approximate surface area is 151 Å². The average molecular weight is 345 g/mol. The molecular weight excluding hydrogens is 312 g/mol. The molecular formula is C20H32N4O. The third-order valence-corrected chi connectivity index (χ3v) is 4.71. The van der Waals surface area contributed by atoms with Crippen LogP contribution in [0.2, 0.25) is 0 Å². The summed E-state index contributed by atoms with van der Waals surface area (Å²) in [6.07, 6.45) is 0. The molecule has 0 unspecified atom stereocenters. The number of nitrogens with zero attached hydrogens (tertiary/aromatic N) is 4. The van der Waals surface area contributed by atoms with Gasteiger partial charge in [-0.2, -0.15) is 4.98 Å². The summed E-state index contributed by atoms with van der Waals surface area (Å²) >= 11 is 0. The van der Waals surface area contributed by atoms with Crippen LogP contribution in [0.5, 0.6) is 0 Å². The third kappa shape index (κ3) is 4.89. The van der Waals surface area contributed by atoms with E-state index in [1.807, 2.05) is 22.8 Å². The minimum Gasteiger partial charge on any atom is -0.305 e. The maximum absolute atomic E-state index is 12.7. The molecule has 138 valence electrons. The van der Waals surface area contributed by atoms with Crippen molar-refractivity contribution in [2.24, 2.45) is 0 Å². The molecule has 0 fully saturated rings. The summed E-state index contributed by atoms with van der Waals surface area (Å²) in [5, 5.41) is 1.07. The zero-order valence-electron chi connectivity index (χ0n) is 16.5. The number of fused-ring (bicyclic) bond motifs is 1. The number of hydrogen-bond acceptors (Lipinski definition) is 4. The van der Waals surface area contributed by atoms with Crippen LogP contribution in [0.3, 0.4) is 0 Å². The molecule has 0 aliphatic rings. The summed E-state index contributed by atoms with van der Waals surface area (Å²) in [6.45, 7) is 13.0. The Morgan fingerprint density at radius 2 is 1.68 bits per heavy atom. The van der Waals surface area contributed by atoms with Crippen molar-refractivity contribution in [1.29, 1.82) is 0 Å². The van der Waals surface area contributed by atoms with Crippen molar-refractivity contribution in [3.8, 4) is 0 Å². The van der Waals surface area contributed by atoms with Crippen LogP contribution in [0, 0.1) is 0 Å². The maximum atomic E-state index is 12.7. The SMILES string of the molecule is CCN(C)CCN(C)CCn1c(=O)nc(C(C)(C)C)c2ccccc21. The number of aromatic nitrogens is 2. The molecule has 0 aliphatic carbocycles. The van der Waals surface area contributed by atoms with E-state index in [4.69, 9.17) is 0 Å². The van der Waals surface area contributed by atoms with Crippen LogP contribution in [0.25, 0.3) is 10.9 Å². The van der Waals surface area contributed by atoms with Crippen LogP contribution < -0.4 is 5.69 Å². The van der Waals surface area contributed by atoms with E-state index in [1.165, 1.54) is 0 Å². The fourth-order valence-corrected chi connectivity index (χ4v) is 2.90. The smallest absolute Gasteiger partial charge is 0.305 e. The summed E-state index contributed by atoms with van der Waals surface area (Å²) in [7, 11) is 4.23. The highest BCUT2D eigenvalue weighted by Gasteiger charge is 2.21. The van der Waals surface area contributed by atoms with Crippen LogP contribution in [0.4, 0.5) is 0 Å². The van der Waals surface area contributed by atoms with Crippen LogP contribution >= 0.6 is 0 Å². The van der Waals surface area contributed by atoms with E-state index in [0.717, 1.165) is 42.8 Å². The fourth-order valence-electron chi connectivity index (χ4n) is 2.90. The second-order valence-electron chi connectivity index (χ2n) is 7.86. The molecule has 0 spiro atoms. The predicted molar refractivity (Wildman–Crippen MR) is 105 cm³/mol. The van der Waals surface area contributed by atoms with E-state index in [1.54, 1.807) is 0 Å². The first-order chi connectivity index (χ1) is 11.7. The molecule has 1 aromatic carbocycles. The first-order valence-corrected chi connectivity index (χ1v) is 9.11. The number of hydrogen-bond donors (Lipinski definition) is 0. The summed E-state index contributed by atoms with van der Waals surface area (Å²) < 4.78 is 1.81. The Bertz CT molecular complexity index is 760. The maximum Gasteiger partial charge on any atom is 0.348 e. The lowest BCUT2D eigenvalue weighted by molar-refractivity contribution is 0.257. The number of rotatable bonds is 7. The lowest BCUT2D eigenvalue weighted by Crippen LogP contribution is -2.35. The Hall–Kier alpha value is -1.72. The van der Waals surface area contributed by atoms with E-state index < -0.39 is 0 Å².